The second-order valence-corrected chi connectivity index (χ2v) is 7.78. The van der Waals surface area contributed by atoms with E-state index in [-0.39, 0.29) is 17.5 Å². The zero-order chi connectivity index (χ0) is 21.5. The fourth-order valence-electron chi connectivity index (χ4n) is 3.83. The monoisotopic (exact) mass is 440 g/mol. The van der Waals surface area contributed by atoms with Gasteiger partial charge in [-0.05, 0) is 36.8 Å². The highest BCUT2D eigenvalue weighted by atomic mass is 35.5. The normalized spacial score (nSPS) is 16.3. The first kappa shape index (κ1) is 19.7. The number of rotatable bonds is 5. The second-order valence-electron chi connectivity index (χ2n) is 7.38. The molecule has 0 spiro atoms. The van der Waals surface area contributed by atoms with Crippen LogP contribution in [0.4, 0.5) is 4.39 Å². The highest BCUT2D eigenvalue weighted by Gasteiger charge is 2.25. The molecule has 8 nitrogen and oxygen atoms in total. The third-order valence-electron chi connectivity index (χ3n) is 5.32. The highest BCUT2D eigenvalue weighted by Crippen LogP contribution is 2.35. The van der Waals surface area contributed by atoms with Crippen molar-refractivity contribution in [3.63, 3.8) is 0 Å². The Labute approximate surface area is 181 Å². The molecule has 1 aliphatic heterocycles. The zero-order valence-electron chi connectivity index (χ0n) is 16.3. The molecule has 1 unspecified atom stereocenters. The number of primary amides is 1. The van der Waals surface area contributed by atoms with Gasteiger partial charge in [0.1, 0.15) is 11.5 Å². The average Bonchev–Trinajstić information content (AvgIpc) is 3.49. The summed E-state index contributed by atoms with van der Waals surface area (Å²) in [5.74, 6) is -0.964. The molecule has 1 aliphatic rings. The minimum Gasteiger partial charge on any atom is -0.379 e. The molecule has 0 saturated carbocycles. The number of ether oxygens (including phenoxy) is 1. The van der Waals surface area contributed by atoms with Gasteiger partial charge in [-0.25, -0.2) is 18.9 Å². The Morgan fingerprint density at radius 1 is 1.29 bits per heavy atom. The Bertz CT molecular complexity index is 1290. The molecule has 31 heavy (non-hydrogen) atoms. The van der Waals surface area contributed by atoms with Gasteiger partial charge in [-0.3, -0.25) is 4.79 Å². The number of nitrogens with zero attached hydrogens (tertiary/aromatic N) is 5. The quantitative estimate of drug-likeness (QED) is 0.514. The van der Waals surface area contributed by atoms with Crippen molar-refractivity contribution in [1.29, 1.82) is 0 Å². The van der Waals surface area contributed by atoms with Gasteiger partial charge in [-0.15, -0.1) is 0 Å². The molecule has 3 aromatic heterocycles. The number of amides is 1. The largest absolute Gasteiger partial charge is 0.379 e. The summed E-state index contributed by atoms with van der Waals surface area (Å²) in [6, 6.07) is 8.25. The van der Waals surface area contributed by atoms with E-state index in [0.29, 0.717) is 41.5 Å². The molecule has 1 atom stereocenters. The Morgan fingerprint density at radius 2 is 2.16 bits per heavy atom. The Morgan fingerprint density at radius 3 is 2.90 bits per heavy atom. The first-order chi connectivity index (χ1) is 15.0. The van der Waals surface area contributed by atoms with E-state index in [4.69, 9.17) is 27.2 Å². The van der Waals surface area contributed by atoms with E-state index < -0.39 is 11.7 Å². The van der Waals surface area contributed by atoms with E-state index in [1.165, 1.54) is 6.07 Å². The standard InChI is InChI=1S/C21H18ClFN6O2/c22-15-7-12(1-2-16(15)23)20-21(28(11-26-20)13-5-6-31-10-13)17-3-4-19-25-9-14(8-18(24)30)29(19)27-17/h1-4,7,9,11,13H,5-6,8,10H2,(H2,24,30). The zero-order valence-corrected chi connectivity index (χ0v) is 17.1. The fourth-order valence-corrected chi connectivity index (χ4v) is 4.01. The lowest BCUT2D eigenvalue weighted by atomic mass is 10.1. The van der Waals surface area contributed by atoms with Crippen molar-refractivity contribution < 1.29 is 13.9 Å². The van der Waals surface area contributed by atoms with Crippen LogP contribution >= 0.6 is 11.6 Å². The van der Waals surface area contributed by atoms with E-state index in [0.717, 1.165) is 12.1 Å². The lowest BCUT2D eigenvalue weighted by Crippen LogP contribution is -2.16. The van der Waals surface area contributed by atoms with E-state index in [9.17, 15) is 9.18 Å². The van der Waals surface area contributed by atoms with Gasteiger partial charge >= 0.3 is 0 Å². The molecule has 1 saturated heterocycles. The minimum atomic E-state index is -0.496. The van der Waals surface area contributed by atoms with Crippen molar-refractivity contribution in [2.45, 2.75) is 18.9 Å². The van der Waals surface area contributed by atoms with Gasteiger partial charge in [0, 0.05) is 12.2 Å². The predicted molar refractivity (Wildman–Crippen MR) is 112 cm³/mol. The number of nitrogens with two attached hydrogens (primary N) is 1. The Balaban J connectivity index is 1.70. The van der Waals surface area contributed by atoms with Crippen LogP contribution in [0.1, 0.15) is 18.2 Å². The number of carbonyl (C=O) groups is 1. The fraction of sp³-hybridized carbons (Fsp3) is 0.238. The number of aromatic nitrogens is 5. The molecule has 1 aromatic carbocycles. The molecule has 10 heteroatoms. The van der Waals surface area contributed by atoms with Crippen molar-refractivity contribution in [2.24, 2.45) is 5.73 Å². The molecular formula is C21H18ClFN6O2. The van der Waals surface area contributed by atoms with E-state index in [1.807, 2.05) is 16.7 Å². The van der Waals surface area contributed by atoms with Gasteiger partial charge in [0.05, 0.1) is 53.7 Å². The van der Waals surface area contributed by atoms with Gasteiger partial charge in [-0.1, -0.05) is 11.6 Å². The van der Waals surface area contributed by atoms with Crippen molar-refractivity contribution in [1.82, 2.24) is 24.1 Å². The van der Waals surface area contributed by atoms with Crippen molar-refractivity contribution in [3.8, 4) is 22.6 Å². The molecule has 158 valence electrons. The summed E-state index contributed by atoms with van der Waals surface area (Å²) >= 11 is 6.03. The summed E-state index contributed by atoms with van der Waals surface area (Å²) in [6.07, 6.45) is 4.19. The average molecular weight is 441 g/mol. The predicted octanol–water partition coefficient (Wildman–Crippen LogP) is 3.04. The number of hydrogen-bond acceptors (Lipinski definition) is 5. The second kappa shape index (κ2) is 7.75. The van der Waals surface area contributed by atoms with Crippen LogP contribution in [0.2, 0.25) is 5.02 Å². The smallest absolute Gasteiger partial charge is 0.223 e. The number of halogens is 2. The number of imidazole rings is 2. The lowest BCUT2D eigenvalue weighted by Gasteiger charge is -2.15. The third kappa shape index (κ3) is 3.55. The molecule has 0 radical (unpaired) electrons. The Kier molecular flexibility index (Phi) is 4.91. The van der Waals surface area contributed by atoms with Crippen LogP contribution in [0.25, 0.3) is 28.3 Å². The molecule has 5 rings (SSSR count). The third-order valence-corrected chi connectivity index (χ3v) is 5.61. The summed E-state index contributed by atoms with van der Waals surface area (Å²) < 4.78 is 22.9. The summed E-state index contributed by atoms with van der Waals surface area (Å²) in [6.45, 7) is 1.23. The SMILES string of the molecule is NC(=O)Cc1cnc2ccc(-c3c(-c4ccc(F)c(Cl)c4)ncn3C3CCOC3)nn12. The molecule has 1 fully saturated rings. The van der Waals surface area contributed by atoms with Crippen molar-refractivity contribution >= 4 is 23.2 Å². The van der Waals surface area contributed by atoms with Gasteiger partial charge < -0.3 is 15.0 Å². The van der Waals surface area contributed by atoms with Gasteiger partial charge in [0.2, 0.25) is 5.91 Å². The van der Waals surface area contributed by atoms with Crippen LogP contribution in [0.5, 0.6) is 0 Å². The number of benzene rings is 1. The van der Waals surface area contributed by atoms with Crippen molar-refractivity contribution in [2.75, 3.05) is 13.2 Å². The molecule has 2 N–H and O–H groups in total. The van der Waals surface area contributed by atoms with E-state index >= 15 is 0 Å². The summed E-state index contributed by atoms with van der Waals surface area (Å²) in [4.78, 5) is 20.3. The van der Waals surface area contributed by atoms with Crippen LogP contribution in [0.15, 0.2) is 42.9 Å². The van der Waals surface area contributed by atoms with Gasteiger partial charge in [0.25, 0.3) is 0 Å². The van der Waals surface area contributed by atoms with E-state index in [1.54, 1.807) is 29.2 Å². The summed E-state index contributed by atoms with van der Waals surface area (Å²) in [5.41, 5.74) is 9.21. The number of fused-ring (bicyclic) bond motifs is 1. The molecule has 1 amide bonds. The van der Waals surface area contributed by atoms with E-state index in [2.05, 4.69) is 9.97 Å². The van der Waals surface area contributed by atoms with Gasteiger partial charge in [-0.2, -0.15) is 5.10 Å². The summed E-state index contributed by atoms with van der Waals surface area (Å²) in [5, 5.41) is 4.74. The van der Waals surface area contributed by atoms with Crippen molar-refractivity contribution in [3.05, 3.63) is 59.4 Å². The minimum absolute atomic E-state index is 0.0176. The topological polar surface area (TPSA) is 100 Å². The Hall–Kier alpha value is -3.30. The maximum atomic E-state index is 13.7. The van der Waals surface area contributed by atoms with Gasteiger partial charge in [0.15, 0.2) is 5.65 Å². The van der Waals surface area contributed by atoms with Crippen LogP contribution in [-0.4, -0.2) is 43.3 Å². The number of hydrogen-bond donors (Lipinski definition) is 1. The first-order valence-electron chi connectivity index (χ1n) is 9.73. The highest BCUT2D eigenvalue weighted by molar-refractivity contribution is 6.31. The lowest BCUT2D eigenvalue weighted by molar-refractivity contribution is -0.117. The van der Waals surface area contributed by atoms with Crippen LogP contribution < -0.4 is 5.73 Å². The maximum absolute atomic E-state index is 13.7. The molecule has 0 aliphatic carbocycles. The maximum Gasteiger partial charge on any atom is 0.223 e. The summed E-state index contributed by atoms with van der Waals surface area (Å²) in [7, 11) is 0. The first-order valence-corrected chi connectivity index (χ1v) is 10.1. The molecular weight excluding hydrogens is 423 g/mol. The van der Waals surface area contributed by atoms with Crippen LogP contribution in [0.3, 0.4) is 0 Å². The molecule has 4 heterocycles. The van der Waals surface area contributed by atoms with Crippen LogP contribution in [0, 0.1) is 5.82 Å². The van der Waals surface area contributed by atoms with Crippen LogP contribution in [-0.2, 0) is 16.0 Å². The molecule has 4 aromatic rings. The molecule has 0 bridgehead atoms. The number of carbonyl (C=O) groups excluding carboxylic acids is 1.